The molecule has 1 aliphatic carbocycles. The minimum absolute atomic E-state index is 0. The Hall–Kier alpha value is -0.279. The normalized spacial score (nSPS) is 18.8. The van der Waals surface area contributed by atoms with Crippen LogP contribution >= 0.6 is 0 Å². The minimum Gasteiger partial charge on any atom is -1.00 e. The largest absolute Gasteiger partial charge is 4.00 e. The third kappa shape index (κ3) is 5.93. The second-order valence-corrected chi connectivity index (χ2v) is 13.7. The Morgan fingerprint density at radius 1 is 0.818 bits per heavy atom. The Morgan fingerprint density at radius 2 is 1.33 bits per heavy atom. The summed E-state index contributed by atoms with van der Waals surface area (Å²) in [5, 5.41) is 3.07. The number of hydrogen-bond donors (Lipinski definition) is 0. The van der Waals surface area contributed by atoms with Gasteiger partial charge in [0.15, 0.2) is 0 Å². The molecule has 5 heteroatoms. The molecule has 2 aromatic carbocycles. The molecule has 1 aliphatic rings. The first kappa shape index (κ1) is 34.9. The fourth-order valence-corrected chi connectivity index (χ4v) is 10.3. The van der Waals surface area contributed by atoms with Crippen molar-refractivity contribution in [1.29, 1.82) is 0 Å². The van der Waals surface area contributed by atoms with Gasteiger partial charge in [-0.2, -0.15) is 11.1 Å². The van der Waals surface area contributed by atoms with E-state index in [0.29, 0.717) is 0 Å². The molecule has 0 saturated carbocycles. The van der Waals surface area contributed by atoms with Gasteiger partial charge in [0.05, 0.1) is 0 Å². The van der Waals surface area contributed by atoms with Crippen molar-refractivity contribution < 1.29 is 58.9 Å². The third-order valence-corrected chi connectivity index (χ3v) is 13.3. The minimum atomic E-state index is -2.20. The van der Waals surface area contributed by atoms with Gasteiger partial charge in [0, 0.05) is 0 Å². The molecule has 0 spiro atoms. The maximum absolute atomic E-state index is 3.99. The van der Waals surface area contributed by atoms with Crippen LogP contribution in [0.4, 0.5) is 0 Å². The molecule has 0 bridgehead atoms. The van der Waals surface area contributed by atoms with E-state index in [2.05, 4.69) is 104 Å². The maximum Gasteiger partial charge on any atom is 4.00 e. The van der Waals surface area contributed by atoms with Crippen LogP contribution in [-0.4, -0.2) is 8.07 Å². The van der Waals surface area contributed by atoms with Crippen LogP contribution < -0.4 is 47.6 Å². The van der Waals surface area contributed by atoms with E-state index in [1.165, 1.54) is 39.0 Å². The zero-order valence-electron chi connectivity index (χ0n) is 21.5. The molecule has 0 nitrogen and oxygen atoms in total. The van der Waals surface area contributed by atoms with Crippen molar-refractivity contribution in [3.8, 4) is 0 Å². The number of allylic oxidation sites excluding steroid dienone is 4. The maximum atomic E-state index is 3.99. The molecule has 0 radical (unpaired) electrons. The molecular formula is C28H37Cl3SiTi. The molecule has 2 aromatic rings. The van der Waals surface area contributed by atoms with Gasteiger partial charge in [-0.1, -0.05) is 104 Å². The van der Waals surface area contributed by atoms with Gasteiger partial charge >= 0.3 is 21.7 Å². The molecule has 0 fully saturated rings. The van der Waals surface area contributed by atoms with Crippen LogP contribution in [0.25, 0.3) is 0 Å². The van der Waals surface area contributed by atoms with E-state index in [9.17, 15) is 0 Å². The van der Waals surface area contributed by atoms with E-state index in [1.807, 2.05) is 0 Å². The summed E-state index contributed by atoms with van der Waals surface area (Å²) in [5.41, 5.74) is 9.96. The van der Waals surface area contributed by atoms with Gasteiger partial charge in [0.1, 0.15) is 8.07 Å². The Kier molecular flexibility index (Phi) is 13.9. The number of benzene rings is 2. The molecule has 0 N–H and O–H groups in total. The summed E-state index contributed by atoms with van der Waals surface area (Å²) in [5.74, 6) is 0. The first-order valence-electron chi connectivity index (χ1n) is 11.1. The number of aryl methyl sites for hydroxylation is 4. The van der Waals surface area contributed by atoms with Crippen LogP contribution in [0.5, 0.6) is 0 Å². The summed E-state index contributed by atoms with van der Waals surface area (Å²) in [6.45, 7) is 21.0. The Labute approximate surface area is 237 Å². The molecule has 0 aliphatic heterocycles. The average Bonchev–Trinajstić information content (AvgIpc) is 2.92. The topological polar surface area (TPSA) is 0 Å². The average molecular weight is 556 g/mol. The van der Waals surface area contributed by atoms with Crippen molar-refractivity contribution in [1.82, 2.24) is 0 Å². The van der Waals surface area contributed by atoms with E-state index >= 15 is 0 Å². The zero-order valence-corrected chi connectivity index (χ0v) is 26.3. The van der Waals surface area contributed by atoms with Crippen LogP contribution in [0.3, 0.4) is 0 Å². The molecule has 0 heterocycles. The van der Waals surface area contributed by atoms with Crippen LogP contribution in [0.2, 0.25) is 11.6 Å². The smallest absolute Gasteiger partial charge is 1.00 e. The van der Waals surface area contributed by atoms with Crippen LogP contribution in [0.15, 0.2) is 53.1 Å². The standard InChI is InChI=1S/C28H37Si.3ClH.Ti/c1-10-24-15-25(11-2)17-26(16-24)29(9,27-14-19(3)12-13-20(27)4)28(8)18-21(5)22(6)23(28)7;;;;/h12-17H,10-11H2,1-9H3;3*1H;/q-1;;;;+4/p-3. The summed E-state index contributed by atoms with van der Waals surface area (Å²) < 4.78 is 0. The monoisotopic (exact) mass is 554 g/mol. The molecule has 3 rings (SSSR count). The van der Waals surface area contributed by atoms with E-state index < -0.39 is 8.07 Å². The SMILES string of the molecule is CCc1cc(CC)cc([Si](C)(c2cc(C)ccc2C)C2(C)[C-]=C(C)C(C)=C2C)c1.[Cl-].[Cl-].[Cl-].[Ti+4]. The van der Waals surface area contributed by atoms with Gasteiger partial charge < -0.3 is 37.2 Å². The van der Waals surface area contributed by atoms with Gasteiger partial charge in [0.2, 0.25) is 0 Å². The number of hydrogen-bond acceptors (Lipinski definition) is 0. The van der Waals surface area contributed by atoms with E-state index in [4.69, 9.17) is 0 Å². The molecule has 2 atom stereocenters. The number of halogens is 3. The quantitative estimate of drug-likeness (QED) is 0.283. The van der Waals surface area contributed by atoms with Crippen molar-refractivity contribution >= 4 is 18.4 Å². The predicted molar refractivity (Wildman–Crippen MR) is 131 cm³/mol. The van der Waals surface area contributed by atoms with E-state index in [-0.39, 0.29) is 64.0 Å². The van der Waals surface area contributed by atoms with E-state index in [1.54, 1.807) is 10.4 Å². The van der Waals surface area contributed by atoms with Gasteiger partial charge in [-0.25, -0.2) is 5.57 Å². The van der Waals surface area contributed by atoms with Crippen LogP contribution in [-0.2, 0) is 34.6 Å². The van der Waals surface area contributed by atoms with Crippen molar-refractivity contribution in [2.45, 2.75) is 79.8 Å². The second-order valence-electron chi connectivity index (χ2n) is 9.31. The van der Waals surface area contributed by atoms with Gasteiger partial charge in [-0.3, -0.25) is 6.08 Å². The van der Waals surface area contributed by atoms with Crippen LogP contribution in [0, 0.1) is 19.9 Å². The van der Waals surface area contributed by atoms with E-state index in [0.717, 1.165) is 12.8 Å². The molecule has 2 unspecified atom stereocenters. The summed E-state index contributed by atoms with van der Waals surface area (Å²) in [6, 6.07) is 14.5. The molecule has 178 valence electrons. The summed E-state index contributed by atoms with van der Waals surface area (Å²) in [6.07, 6.45) is 6.16. The first-order chi connectivity index (χ1) is 13.6. The van der Waals surface area contributed by atoms with Crippen molar-refractivity contribution in [2.75, 3.05) is 0 Å². The molecule has 0 amide bonds. The molecule has 0 saturated heterocycles. The summed E-state index contributed by atoms with van der Waals surface area (Å²) in [7, 11) is -2.20. The number of rotatable bonds is 5. The Balaban J connectivity index is 0. The zero-order chi connectivity index (χ0) is 21.6. The molecule has 0 aromatic heterocycles. The summed E-state index contributed by atoms with van der Waals surface area (Å²) >= 11 is 0. The van der Waals surface area contributed by atoms with Crippen molar-refractivity contribution in [3.63, 3.8) is 0 Å². The fraction of sp³-hybridized carbons (Fsp3) is 0.429. The Morgan fingerprint density at radius 3 is 1.76 bits per heavy atom. The van der Waals surface area contributed by atoms with Crippen molar-refractivity contribution in [3.05, 3.63) is 81.4 Å². The van der Waals surface area contributed by atoms with Gasteiger partial charge in [0.25, 0.3) is 0 Å². The second kappa shape index (κ2) is 13.1. The van der Waals surface area contributed by atoms with Gasteiger partial charge in [-0.05, 0) is 37.8 Å². The third-order valence-electron chi connectivity index (χ3n) is 7.69. The summed E-state index contributed by atoms with van der Waals surface area (Å²) in [4.78, 5) is 0. The van der Waals surface area contributed by atoms with Crippen LogP contribution in [0.1, 0.15) is 63.8 Å². The predicted octanol–water partition coefficient (Wildman–Crippen LogP) is -2.51. The fourth-order valence-electron chi connectivity index (χ4n) is 5.17. The molecule has 33 heavy (non-hydrogen) atoms. The van der Waals surface area contributed by atoms with Gasteiger partial charge in [-0.15, -0.1) is 6.92 Å². The Bertz CT molecular complexity index is 1010. The molecular weight excluding hydrogens is 519 g/mol. The van der Waals surface area contributed by atoms with Crippen molar-refractivity contribution in [2.24, 2.45) is 0 Å². The first-order valence-corrected chi connectivity index (χ1v) is 13.6.